The van der Waals surface area contributed by atoms with Gasteiger partial charge in [-0.1, -0.05) is 29.4 Å². The van der Waals surface area contributed by atoms with Gasteiger partial charge >= 0.3 is 0 Å². The van der Waals surface area contributed by atoms with Crippen molar-refractivity contribution >= 4 is 45.1 Å². The van der Waals surface area contributed by atoms with Gasteiger partial charge in [0.25, 0.3) is 0 Å². The van der Waals surface area contributed by atoms with Crippen LogP contribution in [0, 0.1) is 5.41 Å². The Balaban J connectivity index is 2.37. The van der Waals surface area contributed by atoms with Crippen molar-refractivity contribution < 1.29 is 0 Å². The summed E-state index contributed by atoms with van der Waals surface area (Å²) in [5, 5.41) is 9.01. The molecule has 0 aliphatic carbocycles. The van der Waals surface area contributed by atoms with Crippen LogP contribution in [0.15, 0.2) is 50.9 Å². The molecule has 0 atom stereocenters. The summed E-state index contributed by atoms with van der Waals surface area (Å²) in [6, 6.07) is 9.27. The first kappa shape index (κ1) is 13.4. The highest BCUT2D eigenvalue weighted by atomic mass is 79.9. The van der Waals surface area contributed by atoms with E-state index in [1.54, 1.807) is 12.3 Å². The van der Waals surface area contributed by atoms with Gasteiger partial charge in [0.05, 0.1) is 5.02 Å². The molecule has 0 spiro atoms. The van der Waals surface area contributed by atoms with Crippen molar-refractivity contribution in [3.05, 3.63) is 51.6 Å². The first-order valence-corrected chi connectivity index (χ1v) is 6.99. The molecule has 1 aromatic heterocycles. The summed E-state index contributed by atoms with van der Waals surface area (Å²) < 4.78 is 0.800. The van der Waals surface area contributed by atoms with Gasteiger partial charge in [-0.2, -0.15) is 0 Å². The number of nitrogens with one attached hydrogen (secondary N) is 1. The lowest BCUT2D eigenvalue weighted by Crippen LogP contribution is -2.13. The number of rotatable bonds is 3. The van der Waals surface area contributed by atoms with Gasteiger partial charge < -0.3 is 5.73 Å². The summed E-state index contributed by atoms with van der Waals surface area (Å²) >= 11 is 10.6. The van der Waals surface area contributed by atoms with E-state index in [1.807, 2.05) is 24.3 Å². The van der Waals surface area contributed by atoms with Crippen molar-refractivity contribution in [1.82, 2.24) is 4.98 Å². The minimum atomic E-state index is 0.0268. The van der Waals surface area contributed by atoms with Gasteiger partial charge in [-0.3, -0.25) is 5.41 Å². The first-order valence-electron chi connectivity index (χ1n) is 5.00. The van der Waals surface area contributed by atoms with Gasteiger partial charge in [-0.05, 0) is 40.2 Å². The fraction of sp³-hybridized carbons (Fsp3) is 0. The largest absolute Gasteiger partial charge is 0.384 e. The van der Waals surface area contributed by atoms with E-state index in [9.17, 15) is 0 Å². The molecular formula is C12H9BrClN3S. The van der Waals surface area contributed by atoms with E-state index in [1.165, 1.54) is 11.8 Å². The van der Waals surface area contributed by atoms with Gasteiger partial charge in [0, 0.05) is 21.1 Å². The number of halogens is 2. The third kappa shape index (κ3) is 3.04. The Morgan fingerprint density at radius 1 is 1.33 bits per heavy atom. The highest BCUT2D eigenvalue weighted by molar-refractivity contribution is 9.10. The standard InChI is InChI=1S/C12H9BrClN3S/c13-8-2-1-3-9(11(8)12(15)16)18-10-5-4-7(14)6-17-10/h1-6H,(H3,15,16). The van der Waals surface area contributed by atoms with E-state index in [2.05, 4.69) is 20.9 Å². The summed E-state index contributed by atoms with van der Waals surface area (Å²) in [4.78, 5) is 5.09. The molecule has 0 aliphatic heterocycles. The van der Waals surface area contributed by atoms with Gasteiger partial charge in [-0.15, -0.1) is 0 Å². The Kier molecular flexibility index (Phi) is 4.27. The Labute approximate surface area is 122 Å². The zero-order chi connectivity index (χ0) is 13.1. The Morgan fingerprint density at radius 3 is 2.72 bits per heavy atom. The molecule has 2 aromatic rings. The molecule has 2 rings (SSSR count). The average Bonchev–Trinajstić information content (AvgIpc) is 2.32. The lowest BCUT2D eigenvalue weighted by molar-refractivity contribution is 1.13. The Morgan fingerprint density at radius 2 is 2.11 bits per heavy atom. The molecule has 0 bridgehead atoms. The predicted molar refractivity (Wildman–Crippen MR) is 78.5 cm³/mol. The van der Waals surface area contributed by atoms with Crippen molar-refractivity contribution in [2.45, 2.75) is 9.92 Å². The molecule has 0 amide bonds. The minimum absolute atomic E-state index is 0.0268. The van der Waals surface area contributed by atoms with Crippen LogP contribution in [0.5, 0.6) is 0 Å². The van der Waals surface area contributed by atoms with Crippen molar-refractivity contribution in [3.63, 3.8) is 0 Å². The number of hydrogen-bond donors (Lipinski definition) is 2. The quantitative estimate of drug-likeness (QED) is 0.656. The van der Waals surface area contributed by atoms with Crippen molar-refractivity contribution in [3.8, 4) is 0 Å². The molecule has 18 heavy (non-hydrogen) atoms. The maximum atomic E-state index is 7.61. The van der Waals surface area contributed by atoms with Crippen molar-refractivity contribution in [2.75, 3.05) is 0 Å². The molecule has 1 aromatic carbocycles. The topological polar surface area (TPSA) is 62.8 Å². The highest BCUT2D eigenvalue weighted by Crippen LogP contribution is 2.32. The maximum absolute atomic E-state index is 7.61. The molecule has 92 valence electrons. The maximum Gasteiger partial charge on any atom is 0.125 e. The van der Waals surface area contributed by atoms with Crippen molar-refractivity contribution in [1.29, 1.82) is 5.41 Å². The summed E-state index contributed by atoms with van der Waals surface area (Å²) in [6.07, 6.45) is 1.59. The molecule has 1 heterocycles. The monoisotopic (exact) mass is 341 g/mol. The van der Waals surface area contributed by atoms with Crippen LogP contribution in [0.25, 0.3) is 0 Å². The van der Waals surface area contributed by atoms with Crippen LogP contribution >= 0.6 is 39.3 Å². The van der Waals surface area contributed by atoms with Crippen molar-refractivity contribution in [2.24, 2.45) is 5.73 Å². The van der Waals surface area contributed by atoms with Crippen LogP contribution in [0.3, 0.4) is 0 Å². The van der Waals surface area contributed by atoms with Crippen LogP contribution in [-0.2, 0) is 0 Å². The van der Waals surface area contributed by atoms with Gasteiger partial charge in [0.1, 0.15) is 10.9 Å². The number of nitrogens with two attached hydrogens (primary N) is 1. The minimum Gasteiger partial charge on any atom is -0.384 e. The first-order chi connectivity index (χ1) is 8.58. The highest BCUT2D eigenvalue weighted by Gasteiger charge is 2.11. The lowest BCUT2D eigenvalue weighted by Gasteiger charge is -2.09. The number of pyridine rings is 1. The summed E-state index contributed by atoms with van der Waals surface area (Å²) in [7, 11) is 0. The SMILES string of the molecule is N=C(N)c1c(Br)cccc1Sc1ccc(Cl)cn1. The molecular weight excluding hydrogens is 334 g/mol. The smallest absolute Gasteiger partial charge is 0.125 e. The van der Waals surface area contributed by atoms with Crippen LogP contribution in [0.2, 0.25) is 5.02 Å². The molecule has 6 heteroatoms. The van der Waals surface area contributed by atoms with E-state index >= 15 is 0 Å². The third-order valence-electron chi connectivity index (χ3n) is 2.16. The predicted octanol–water partition coefficient (Wildman–Crippen LogP) is 3.93. The van der Waals surface area contributed by atoms with E-state index in [-0.39, 0.29) is 5.84 Å². The number of nitrogens with zero attached hydrogens (tertiary/aromatic N) is 1. The summed E-state index contributed by atoms with van der Waals surface area (Å²) in [6.45, 7) is 0. The lowest BCUT2D eigenvalue weighted by atomic mass is 10.2. The van der Waals surface area contributed by atoms with Crippen LogP contribution < -0.4 is 5.73 Å². The molecule has 3 nitrogen and oxygen atoms in total. The molecule has 0 saturated carbocycles. The molecule has 0 radical (unpaired) electrons. The second kappa shape index (κ2) is 5.73. The number of aromatic nitrogens is 1. The summed E-state index contributed by atoms with van der Waals surface area (Å²) in [5.74, 6) is 0.0268. The van der Waals surface area contributed by atoms with Crippen LogP contribution in [0.1, 0.15) is 5.56 Å². The second-order valence-electron chi connectivity index (χ2n) is 3.44. The van der Waals surface area contributed by atoms with E-state index in [0.717, 1.165) is 14.4 Å². The molecule has 0 saturated heterocycles. The molecule has 0 fully saturated rings. The average molecular weight is 343 g/mol. The third-order valence-corrected chi connectivity index (χ3v) is 4.05. The Bertz CT molecular complexity index is 586. The second-order valence-corrected chi connectivity index (χ2v) is 5.80. The fourth-order valence-electron chi connectivity index (χ4n) is 1.39. The van der Waals surface area contributed by atoms with Gasteiger partial charge in [0.2, 0.25) is 0 Å². The zero-order valence-corrected chi connectivity index (χ0v) is 12.3. The van der Waals surface area contributed by atoms with Crippen LogP contribution in [0.4, 0.5) is 0 Å². The summed E-state index contributed by atoms with van der Waals surface area (Å²) in [5.41, 5.74) is 6.27. The fourth-order valence-corrected chi connectivity index (χ4v) is 3.14. The number of amidine groups is 1. The number of nitrogen functional groups attached to an aromatic ring is 1. The van der Waals surface area contributed by atoms with E-state index < -0.39 is 0 Å². The number of benzene rings is 1. The zero-order valence-electron chi connectivity index (χ0n) is 9.15. The normalized spacial score (nSPS) is 10.3. The van der Waals surface area contributed by atoms with E-state index in [0.29, 0.717) is 10.6 Å². The molecule has 0 aliphatic rings. The van der Waals surface area contributed by atoms with Gasteiger partial charge in [0.15, 0.2) is 0 Å². The van der Waals surface area contributed by atoms with Crippen LogP contribution in [-0.4, -0.2) is 10.8 Å². The van der Waals surface area contributed by atoms with Gasteiger partial charge in [-0.25, -0.2) is 4.98 Å². The number of hydrogen-bond acceptors (Lipinski definition) is 3. The molecule has 3 N–H and O–H groups in total. The van der Waals surface area contributed by atoms with E-state index in [4.69, 9.17) is 22.7 Å². The molecule has 0 unspecified atom stereocenters. The Hall–Kier alpha value is -1.04.